The van der Waals surface area contributed by atoms with Crippen molar-refractivity contribution in [2.75, 3.05) is 0 Å². The average Bonchev–Trinajstić information content (AvgIpc) is 2.39. The summed E-state index contributed by atoms with van der Waals surface area (Å²) in [7, 11) is 0. The van der Waals surface area contributed by atoms with E-state index in [0.717, 1.165) is 0 Å². The number of alkyl halides is 1. The molecule has 1 N–H and O–H groups in total. The summed E-state index contributed by atoms with van der Waals surface area (Å²) < 4.78 is 21.7. The molecular formula is C14H12BrFO. The molecule has 1 nitrogen and oxygen atoms in total. The summed E-state index contributed by atoms with van der Waals surface area (Å²) in [5.74, 6) is -0.444. The first-order chi connectivity index (χ1) is 8.53. The Kier molecular flexibility index (Phi) is 3.49. The Morgan fingerprint density at radius 3 is 2.29 bits per heavy atom. The lowest BCUT2D eigenvalue weighted by molar-refractivity contribution is 0.175. The van der Waals surface area contributed by atoms with Gasteiger partial charge in [-0.3, -0.25) is 0 Å². The van der Waals surface area contributed by atoms with Gasteiger partial charge in [0.25, 0.3) is 0 Å². The quantitative estimate of drug-likeness (QED) is 0.849. The molecule has 0 amide bonds. The Morgan fingerprint density at radius 2 is 1.65 bits per heavy atom. The lowest BCUT2D eigenvalue weighted by atomic mass is 10.0. The van der Waals surface area contributed by atoms with Crippen LogP contribution in [0.2, 0.25) is 0 Å². The van der Waals surface area contributed by atoms with Gasteiger partial charge in [-0.1, -0.05) is 64.5 Å². The predicted octanol–water partition coefficient (Wildman–Crippen LogP) is 4.00. The maximum absolute atomic E-state index is 13.7. The highest BCUT2D eigenvalue weighted by Gasteiger charge is 2.22. The molecule has 0 bridgehead atoms. The highest BCUT2D eigenvalue weighted by Crippen LogP contribution is 2.36. The smallest absolute Gasteiger partial charge is 0.127 e. The van der Waals surface area contributed by atoms with Gasteiger partial charge in [-0.2, -0.15) is 0 Å². The maximum atomic E-state index is 13.7. The van der Waals surface area contributed by atoms with E-state index in [0.29, 0.717) is 5.56 Å². The van der Waals surface area contributed by atoms with Crippen molar-refractivity contribution in [2.45, 2.75) is 10.9 Å². The van der Waals surface area contributed by atoms with Crippen LogP contribution in [-0.2, 0) is 0 Å². The van der Waals surface area contributed by atoms with E-state index in [1.807, 2.05) is 0 Å². The fourth-order valence-electron chi connectivity index (χ4n) is 1.58. The van der Waals surface area contributed by atoms with Crippen LogP contribution >= 0.6 is 15.9 Å². The van der Waals surface area contributed by atoms with Crippen molar-refractivity contribution in [3.63, 3.8) is 0 Å². The fraction of sp³-hybridized carbons (Fsp3) is 0.143. The molecule has 0 aliphatic heterocycles. The molecule has 0 saturated heterocycles. The van der Waals surface area contributed by atoms with Crippen LogP contribution in [0.3, 0.4) is 0 Å². The molecule has 0 heterocycles. The number of halogens is 2. The molecule has 0 spiro atoms. The van der Waals surface area contributed by atoms with E-state index in [1.165, 1.54) is 6.07 Å². The number of benzene rings is 2. The molecule has 2 atom stereocenters. The van der Waals surface area contributed by atoms with E-state index in [-0.39, 0.29) is 5.56 Å². The first-order valence-electron chi connectivity index (χ1n) is 5.70. The summed E-state index contributed by atoms with van der Waals surface area (Å²) in [5.41, 5.74) is 0.675. The van der Waals surface area contributed by atoms with E-state index in [4.69, 9.17) is 1.37 Å². The SMILES string of the molecule is [2H]C(O)(c1ccccc1)C(Br)c1ccccc1F. The van der Waals surface area contributed by atoms with E-state index in [2.05, 4.69) is 15.9 Å². The van der Waals surface area contributed by atoms with E-state index >= 15 is 0 Å². The molecule has 88 valence electrons. The zero-order chi connectivity index (χ0) is 13.2. The molecule has 0 aromatic heterocycles. The van der Waals surface area contributed by atoms with Crippen LogP contribution in [0.5, 0.6) is 0 Å². The van der Waals surface area contributed by atoms with Crippen LogP contribution in [-0.4, -0.2) is 5.11 Å². The normalized spacial score (nSPS) is 17.0. The van der Waals surface area contributed by atoms with Gasteiger partial charge in [0.2, 0.25) is 0 Å². The summed E-state index contributed by atoms with van der Waals surface area (Å²) in [4.78, 5) is -0.839. The van der Waals surface area contributed by atoms with Gasteiger partial charge in [-0.05, 0) is 11.6 Å². The highest BCUT2D eigenvalue weighted by atomic mass is 79.9. The number of hydrogen-bond donors (Lipinski definition) is 1. The molecule has 2 aromatic rings. The van der Waals surface area contributed by atoms with Crippen molar-refractivity contribution in [1.82, 2.24) is 0 Å². The Morgan fingerprint density at radius 1 is 1.06 bits per heavy atom. The first kappa shape index (κ1) is 10.9. The van der Waals surface area contributed by atoms with Gasteiger partial charge >= 0.3 is 0 Å². The molecule has 3 heteroatoms. The largest absolute Gasteiger partial charge is 0.387 e. The van der Waals surface area contributed by atoms with E-state index < -0.39 is 16.7 Å². The Labute approximate surface area is 109 Å². The Balaban J connectivity index is 2.39. The minimum Gasteiger partial charge on any atom is -0.387 e. The summed E-state index contributed by atoms with van der Waals surface area (Å²) in [6.45, 7) is 0. The van der Waals surface area contributed by atoms with Gasteiger partial charge in [0, 0.05) is 5.56 Å². The predicted molar refractivity (Wildman–Crippen MR) is 69.5 cm³/mol. The third kappa shape index (κ3) is 2.73. The molecule has 0 saturated carbocycles. The Bertz CT molecular complexity index is 530. The molecule has 17 heavy (non-hydrogen) atoms. The van der Waals surface area contributed by atoms with Gasteiger partial charge in [0.1, 0.15) is 5.82 Å². The highest BCUT2D eigenvalue weighted by molar-refractivity contribution is 9.09. The molecule has 0 aliphatic rings. The number of rotatable bonds is 3. The second kappa shape index (κ2) is 5.43. The summed E-state index contributed by atoms with van der Waals surface area (Å²) in [6, 6.07) is 14.7. The molecule has 0 radical (unpaired) electrons. The monoisotopic (exact) mass is 295 g/mol. The zero-order valence-electron chi connectivity index (χ0n) is 9.98. The van der Waals surface area contributed by atoms with E-state index in [9.17, 15) is 9.50 Å². The van der Waals surface area contributed by atoms with Crippen molar-refractivity contribution < 1.29 is 10.9 Å². The molecule has 2 aromatic carbocycles. The van der Waals surface area contributed by atoms with Gasteiger partial charge < -0.3 is 5.11 Å². The van der Waals surface area contributed by atoms with Crippen LogP contribution in [0.15, 0.2) is 54.6 Å². The van der Waals surface area contributed by atoms with Crippen LogP contribution in [0.4, 0.5) is 4.39 Å². The van der Waals surface area contributed by atoms with Crippen molar-refractivity contribution in [3.8, 4) is 0 Å². The molecule has 2 unspecified atom stereocenters. The average molecular weight is 296 g/mol. The third-order valence-electron chi connectivity index (χ3n) is 2.49. The van der Waals surface area contributed by atoms with Crippen molar-refractivity contribution >= 4 is 15.9 Å². The molecule has 2 rings (SSSR count). The topological polar surface area (TPSA) is 20.2 Å². The number of hydrogen-bond acceptors (Lipinski definition) is 1. The van der Waals surface area contributed by atoms with Crippen molar-refractivity contribution in [1.29, 1.82) is 0 Å². The standard InChI is InChI=1S/C14H12BrFO/c15-13(11-8-4-5-9-12(11)16)14(17)10-6-2-1-3-7-10/h1-9,13-14,17H/i14D. The van der Waals surface area contributed by atoms with Crippen molar-refractivity contribution in [3.05, 3.63) is 71.5 Å². The molecular weight excluding hydrogens is 283 g/mol. The van der Waals surface area contributed by atoms with Crippen LogP contribution in [0.25, 0.3) is 0 Å². The zero-order valence-corrected chi connectivity index (χ0v) is 10.6. The number of aliphatic hydroxyl groups is 1. The molecule has 0 aliphatic carbocycles. The summed E-state index contributed by atoms with van der Waals surface area (Å²) in [6.07, 6.45) is -1.93. The fourth-order valence-corrected chi connectivity index (χ4v) is 2.22. The summed E-state index contributed by atoms with van der Waals surface area (Å²) >= 11 is 3.22. The lowest BCUT2D eigenvalue weighted by Crippen LogP contribution is -2.06. The lowest BCUT2D eigenvalue weighted by Gasteiger charge is -2.18. The van der Waals surface area contributed by atoms with Gasteiger partial charge in [0.05, 0.1) is 12.3 Å². The minimum absolute atomic E-state index is 0.263. The Hall–Kier alpha value is -1.19. The third-order valence-corrected chi connectivity index (χ3v) is 3.41. The maximum Gasteiger partial charge on any atom is 0.127 e. The van der Waals surface area contributed by atoms with Gasteiger partial charge in [-0.25, -0.2) is 4.39 Å². The van der Waals surface area contributed by atoms with Gasteiger partial charge in [0.15, 0.2) is 0 Å². The van der Waals surface area contributed by atoms with Crippen LogP contribution in [0.1, 0.15) is 23.4 Å². The van der Waals surface area contributed by atoms with Crippen LogP contribution < -0.4 is 0 Å². The molecule has 0 fully saturated rings. The van der Waals surface area contributed by atoms with E-state index in [1.54, 1.807) is 48.5 Å². The second-order valence-electron chi connectivity index (χ2n) is 3.64. The first-order valence-corrected chi connectivity index (χ1v) is 6.11. The van der Waals surface area contributed by atoms with Crippen molar-refractivity contribution in [2.24, 2.45) is 0 Å². The second-order valence-corrected chi connectivity index (χ2v) is 4.55. The van der Waals surface area contributed by atoms with Gasteiger partial charge in [-0.15, -0.1) is 0 Å². The summed E-state index contributed by atoms with van der Waals surface area (Å²) in [5, 5.41) is 10.3. The minimum atomic E-state index is -1.93. The van der Waals surface area contributed by atoms with Crippen LogP contribution in [0, 0.1) is 5.82 Å².